The highest BCUT2D eigenvalue weighted by atomic mass is 19.4. The number of para-hydroxylation sites is 2. The first kappa shape index (κ1) is 30.8. The Bertz CT molecular complexity index is 1960. The van der Waals surface area contributed by atoms with Crippen molar-refractivity contribution >= 4 is 5.69 Å². The van der Waals surface area contributed by atoms with Crippen LogP contribution >= 0.6 is 0 Å². The molecule has 1 aliphatic heterocycles. The fourth-order valence-corrected chi connectivity index (χ4v) is 7.33. The summed E-state index contributed by atoms with van der Waals surface area (Å²) in [5, 5.41) is 25.3. The summed E-state index contributed by atoms with van der Waals surface area (Å²) in [5.74, 6) is -2.35. The van der Waals surface area contributed by atoms with Crippen LogP contribution in [0.4, 0.5) is 18.9 Å². The van der Waals surface area contributed by atoms with Gasteiger partial charge in [-0.05, 0) is 48.2 Å². The molecule has 1 aromatic heterocycles. The maximum Gasteiger partial charge on any atom is 0.433 e. The van der Waals surface area contributed by atoms with Gasteiger partial charge in [0.1, 0.15) is 5.69 Å². The number of anilines is 1. The number of nitrogens with zero attached hydrogens (tertiary/aromatic N) is 2. The van der Waals surface area contributed by atoms with Gasteiger partial charge in [0, 0.05) is 35.2 Å². The van der Waals surface area contributed by atoms with Crippen molar-refractivity contribution < 1.29 is 23.4 Å². The number of hydrogen-bond donors (Lipinski definition) is 3. The number of H-pyrrole nitrogens is 1. The molecule has 4 aromatic carbocycles. The number of rotatable bonds is 7. The lowest BCUT2D eigenvalue weighted by atomic mass is 9.64. The van der Waals surface area contributed by atoms with Crippen molar-refractivity contribution in [2.45, 2.75) is 49.6 Å². The topological polar surface area (TPSA) is 81.5 Å². The third-order valence-electron chi connectivity index (χ3n) is 9.66. The molecule has 1 aliphatic carbocycles. The molecular formula is C38H34F3N3O3. The number of aromatic amines is 1. The Balaban J connectivity index is 1.32. The van der Waals surface area contributed by atoms with E-state index in [0.717, 1.165) is 32.8 Å². The van der Waals surface area contributed by atoms with Crippen LogP contribution in [0.2, 0.25) is 0 Å². The number of halogens is 3. The van der Waals surface area contributed by atoms with Crippen molar-refractivity contribution in [3.63, 3.8) is 0 Å². The zero-order valence-corrected chi connectivity index (χ0v) is 25.6. The molecule has 1 saturated carbocycles. The highest BCUT2D eigenvalue weighted by molar-refractivity contribution is 5.71. The molecular weight excluding hydrogens is 603 g/mol. The van der Waals surface area contributed by atoms with Crippen molar-refractivity contribution in [1.29, 1.82) is 0 Å². The SMILES string of the molecule is CC1(Cc2ccccc2)C(=CC2C(O)C(c3c(C(F)(F)F)[nH]n(-c4ccccc4)c3=O)C2O)N(Cc2ccccc2)c2ccccc21. The predicted octanol–water partition coefficient (Wildman–Crippen LogP) is 6.72. The molecule has 0 bridgehead atoms. The van der Waals surface area contributed by atoms with Crippen molar-refractivity contribution in [3.05, 3.63) is 165 Å². The van der Waals surface area contributed by atoms with E-state index in [-0.39, 0.29) is 5.69 Å². The summed E-state index contributed by atoms with van der Waals surface area (Å²) < 4.78 is 43.7. The molecule has 2 aliphatic rings. The Kier molecular flexibility index (Phi) is 7.69. The molecule has 5 aromatic rings. The van der Waals surface area contributed by atoms with Gasteiger partial charge in [0.2, 0.25) is 0 Å². The lowest BCUT2D eigenvalue weighted by Crippen LogP contribution is -2.55. The van der Waals surface area contributed by atoms with Gasteiger partial charge in [0.25, 0.3) is 5.56 Å². The second kappa shape index (κ2) is 11.7. The highest BCUT2D eigenvalue weighted by Gasteiger charge is 2.55. The standard InChI is InChI=1S/C38H34F3N3O3/c1-37(22-24-13-5-2-6-14-24)28-19-11-12-20-29(28)43(23-25-15-7-3-8-16-25)30(37)21-27-33(45)31(34(27)46)32-35(38(39,40)41)42-44(36(32)47)26-17-9-4-10-18-26/h2-21,27,31,33-34,42,45-46H,22-23H2,1H3. The summed E-state index contributed by atoms with van der Waals surface area (Å²) >= 11 is 0. The minimum atomic E-state index is -4.91. The molecule has 1 fully saturated rings. The molecule has 0 saturated heterocycles. The van der Waals surface area contributed by atoms with Crippen molar-refractivity contribution in [2.75, 3.05) is 4.90 Å². The fraction of sp³-hybridized carbons (Fsp3) is 0.237. The Hall–Kier alpha value is -4.86. The smallest absolute Gasteiger partial charge is 0.392 e. The highest BCUT2D eigenvalue weighted by Crippen LogP contribution is 2.53. The Morgan fingerprint density at radius 2 is 1.36 bits per heavy atom. The lowest BCUT2D eigenvalue weighted by molar-refractivity contribution is -0.145. The monoisotopic (exact) mass is 637 g/mol. The number of aromatic nitrogens is 2. The van der Waals surface area contributed by atoms with E-state index in [1.165, 1.54) is 12.1 Å². The number of nitrogens with one attached hydrogen (secondary N) is 1. The van der Waals surface area contributed by atoms with E-state index in [2.05, 4.69) is 35.1 Å². The normalized spacial score (nSPS) is 24.7. The van der Waals surface area contributed by atoms with Crippen LogP contribution in [-0.4, -0.2) is 32.2 Å². The molecule has 3 N–H and O–H groups in total. The van der Waals surface area contributed by atoms with Gasteiger partial charge in [-0.3, -0.25) is 9.89 Å². The van der Waals surface area contributed by atoms with Crippen LogP contribution in [-0.2, 0) is 24.6 Å². The van der Waals surface area contributed by atoms with Crippen LogP contribution in [0.3, 0.4) is 0 Å². The molecule has 7 rings (SSSR count). The second-order valence-corrected chi connectivity index (χ2v) is 12.6. The van der Waals surface area contributed by atoms with E-state index in [4.69, 9.17) is 0 Å². The van der Waals surface area contributed by atoms with Gasteiger partial charge in [0.15, 0.2) is 0 Å². The number of benzene rings is 4. The average molecular weight is 638 g/mol. The largest absolute Gasteiger partial charge is 0.433 e. The van der Waals surface area contributed by atoms with Crippen molar-refractivity contribution in [2.24, 2.45) is 5.92 Å². The van der Waals surface area contributed by atoms with Crippen LogP contribution in [0, 0.1) is 5.92 Å². The minimum absolute atomic E-state index is 0.216. The third kappa shape index (κ3) is 5.29. The summed E-state index contributed by atoms with van der Waals surface area (Å²) in [6.45, 7) is 2.63. The number of alkyl halides is 3. The summed E-state index contributed by atoms with van der Waals surface area (Å²) in [4.78, 5) is 15.7. The fourth-order valence-electron chi connectivity index (χ4n) is 7.33. The number of allylic oxidation sites excluding steroid dienone is 1. The van der Waals surface area contributed by atoms with Gasteiger partial charge in [-0.15, -0.1) is 0 Å². The molecule has 3 unspecified atom stereocenters. The first-order chi connectivity index (χ1) is 22.6. The van der Waals surface area contributed by atoms with Crippen LogP contribution in [0.5, 0.6) is 0 Å². The number of aliphatic hydroxyl groups excluding tert-OH is 2. The van der Waals surface area contributed by atoms with Crippen molar-refractivity contribution in [1.82, 2.24) is 9.78 Å². The van der Waals surface area contributed by atoms with Crippen LogP contribution in [0.25, 0.3) is 5.69 Å². The van der Waals surface area contributed by atoms with E-state index in [1.54, 1.807) is 18.2 Å². The molecule has 9 heteroatoms. The van der Waals surface area contributed by atoms with E-state index >= 15 is 0 Å². The zero-order chi connectivity index (χ0) is 32.9. The lowest BCUT2D eigenvalue weighted by Gasteiger charge is -2.46. The Morgan fingerprint density at radius 3 is 1.98 bits per heavy atom. The van der Waals surface area contributed by atoms with Gasteiger partial charge < -0.3 is 15.1 Å². The number of fused-ring (bicyclic) bond motifs is 1. The van der Waals surface area contributed by atoms with Gasteiger partial charge in [-0.2, -0.15) is 13.2 Å². The molecule has 6 nitrogen and oxygen atoms in total. The quantitative estimate of drug-likeness (QED) is 0.185. The maximum absolute atomic E-state index is 14.3. The summed E-state index contributed by atoms with van der Waals surface area (Å²) in [6, 6.07) is 35.9. The molecule has 240 valence electrons. The Morgan fingerprint density at radius 1 is 0.809 bits per heavy atom. The Labute approximate surface area is 270 Å². The van der Waals surface area contributed by atoms with Gasteiger partial charge in [0.05, 0.1) is 23.5 Å². The van der Waals surface area contributed by atoms with E-state index < -0.39 is 52.5 Å². The average Bonchev–Trinajstić information content (AvgIpc) is 3.52. The first-order valence-electron chi connectivity index (χ1n) is 15.6. The van der Waals surface area contributed by atoms with Crippen LogP contribution in [0.15, 0.2) is 132 Å². The molecule has 0 radical (unpaired) electrons. The molecule has 2 heterocycles. The van der Waals surface area contributed by atoms with Gasteiger partial charge in [-0.25, -0.2) is 4.68 Å². The van der Waals surface area contributed by atoms with Crippen LogP contribution in [0.1, 0.15) is 40.8 Å². The minimum Gasteiger partial charge on any atom is -0.392 e. The van der Waals surface area contributed by atoms with Crippen LogP contribution < -0.4 is 10.5 Å². The molecule has 47 heavy (non-hydrogen) atoms. The van der Waals surface area contributed by atoms with Gasteiger partial charge >= 0.3 is 6.18 Å². The van der Waals surface area contributed by atoms with E-state index in [9.17, 15) is 28.2 Å². The summed E-state index contributed by atoms with van der Waals surface area (Å²) in [6.07, 6.45) is -5.36. The van der Waals surface area contributed by atoms with E-state index in [1.807, 2.05) is 72.8 Å². The van der Waals surface area contributed by atoms with Crippen molar-refractivity contribution in [3.8, 4) is 5.69 Å². The third-order valence-corrected chi connectivity index (χ3v) is 9.66. The van der Waals surface area contributed by atoms with Gasteiger partial charge in [-0.1, -0.05) is 103 Å². The molecule has 3 atom stereocenters. The molecule has 0 spiro atoms. The zero-order valence-electron chi connectivity index (χ0n) is 25.6. The summed E-state index contributed by atoms with van der Waals surface area (Å²) in [7, 11) is 0. The predicted molar refractivity (Wildman–Crippen MR) is 174 cm³/mol. The summed E-state index contributed by atoms with van der Waals surface area (Å²) in [5.41, 5.74) is 1.76. The van der Waals surface area contributed by atoms with E-state index in [0.29, 0.717) is 13.0 Å². The number of aliphatic hydroxyl groups is 2. The first-order valence-corrected chi connectivity index (χ1v) is 15.6. The maximum atomic E-state index is 14.3. The second-order valence-electron chi connectivity index (χ2n) is 12.6. The molecule has 0 amide bonds. The number of hydrogen-bond acceptors (Lipinski definition) is 4.